The number of benzene rings is 2. The topological polar surface area (TPSA) is 41.6 Å². The van der Waals surface area contributed by atoms with E-state index in [4.69, 9.17) is 16.3 Å². The van der Waals surface area contributed by atoms with Gasteiger partial charge in [0.2, 0.25) is 0 Å². The van der Waals surface area contributed by atoms with Crippen molar-refractivity contribution in [3.8, 4) is 5.75 Å². The number of amides is 1. The summed E-state index contributed by atoms with van der Waals surface area (Å²) in [4.78, 5) is 14.1. The van der Waals surface area contributed by atoms with E-state index in [0.29, 0.717) is 31.8 Å². The molecule has 0 aliphatic carbocycles. The number of alkyl halides is 1. The lowest BCUT2D eigenvalue weighted by Crippen LogP contribution is -2.49. The van der Waals surface area contributed by atoms with Crippen LogP contribution in [0.3, 0.4) is 0 Å². The van der Waals surface area contributed by atoms with Gasteiger partial charge >= 0.3 is 0 Å². The van der Waals surface area contributed by atoms with E-state index in [1.165, 1.54) is 18.2 Å². The van der Waals surface area contributed by atoms with E-state index >= 15 is 4.39 Å². The fourth-order valence-electron chi connectivity index (χ4n) is 3.36. The predicted octanol–water partition coefficient (Wildman–Crippen LogP) is 4.40. The summed E-state index contributed by atoms with van der Waals surface area (Å²) in [5, 5.41) is 3.01. The Morgan fingerprint density at radius 3 is 2.69 bits per heavy atom. The summed E-state index contributed by atoms with van der Waals surface area (Å²) in [5.74, 6) is -0.0231. The minimum absolute atomic E-state index is 0.0928. The van der Waals surface area contributed by atoms with Crippen molar-refractivity contribution in [2.75, 3.05) is 32.8 Å². The molecule has 29 heavy (non-hydrogen) atoms. The molecule has 1 N–H and O–H groups in total. The average molecular weight is 423 g/mol. The van der Waals surface area contributed by atoms with Gasteiger partial charge in [-0.05, 0) is 42.8 Å². The molecule has 4 nitrogen and oxygen atoms in total. The van der Waals surface area contributed by atoms with Crippen LogP contribution in [0.1, 0.15) is 28.8 Å². The van der Waals surface area contributed by atoms with Gasteiger partial charge in [0.25, 0.3) is 5.91 Å². The quantitative estimate of drug-likeness (QED) is 0.672. The summed E-state index contributed by atoms with van der Waals surface area (Å²) in [5.41, 5.74) is 0.0807. The summed E-state index contributed by atoms with van der Waals surface area (Å²) in [7, 11) is 0. The molecule has 156 valence electrons. The van der Waals surface area contributed by atoms with Gasteiger partial charge in [0.05, 0.1) is 5.02 Å². The molecule has 0 bridgehead atoms. The van der Waals surface area contributed by atoms with E-state index < -0.39 is 11.5 Å². The smallest absolute Gasteiger partial charge is 0.253 e. The van der Waals surface area contributed by atoms with Crippen LogP contribution >= 0.6 is 11.6 Å². The highest BCUT2D eigenvalue weighted by Crippen LogP contribution is 2.27. The molecule has 0 radical (unpaired) electrons. The summed E-state index contributed by atoms with van der Waals surface area (Å²) in [6.07, 6.45) is 0.499. The number of aryl methyl sites for hydroxylation is 1. The molecular weight excluding hydrogens is 398 g/mol. The number of ether oxygens (including phenoxy) is 1. The number of hydrogen-bond donors (Lipinski definition) is 1. The third kappa shape index (κ3) is 5.90. The third-order valence-corrected chi connectivity index (χ3v) is 5.38. The fourth-order valence-corrected chi connectivity index (χ4v) is 3.54. The predicted molar refractivity (Wildman–Crippen MR) is 110 cm³/mol. The van der Waals surface area contributed by atoms with Gasteiger partial charge in [-0.1, -0.05) is 23.7 Å². The van der Waals surface area contributed by atoms with Gasteiger partial charge in [0, 0.05) is 44.6 Å². The zero-order valence-electron chi connectivity index (χ0n) is 16.4. The van der Waals surface area contributed by atoms with E-state index in [0.717, 1.165) is 11.3 Å². The zero-order chi connectivity index (χ0) is 20.9. The van der Waals surface area contributed by atoms with Crippen LogP contribution in [0.2, 0.25) is 5.02 Å². The number of nitrogens with one attached hydrogen (secondary N) is 1. The number of rotatable bonds is 7. The van der Waals surface area contributed by atoms with Crippen LogP contribution in [0, 0.1) is 12.7 Å². The zero-order valence-corrected chi connectivity index (χ0v) is 17.1. The molecule has 2 aromatic carbocycles. The van der Waals surface area contributed by atoms with Crippen LogP contribution in [-0.4, -0.2) is 49.3 Å². The van der Waals surface area contributed by atoms with Crippen LogP contribution in [0.15, 0.2) is 42.5 Å². The second-order valence-corrected chi connectivity index (χ2v) is 7.82. The third-order valence-electron chi connectivity index (χ3n) is 5.09. The molecule has 0 aromatic heterocycles. The Kier molecular flexibility index (Phi) is 7.09. The number of hydrogen-bond acceptors (Lipinski definition) is 3. The molecular formula is C22H25ClF2N2O2. The van der Waals surface area contributed by atoms with Gasteiger partial charge in [0.1, 0.15) is 23.8 Å². The summed E-state index contributed by atoms with van der Waals surface area (Å²) < 4.78 is 33.9. The van der Waals surface area contributed by atoms with Crippen LogP contribution in [0.25, 0.3) is 0 Å². The maximum atomic E-state index is 15.0. The molecule has 0 unspecified atom stereocenters. The number of likely N-dealkylation sites (tertiary alicyclic amines) is 1. The fraction of sp³-hybridized carbons (Fsp3) is 0.409. The van der Waals surface area contributed by atoms with Gasteiger partial charge < -0.3 is 15.0 Å². The van der Waals surface area contributed by atoms with Crippen molar-refractivity contribution in [3.05, 3.63) is 64.4 Å². The Bertz CT molecular complexity index is 854. The highest BCUT2D eigenvalue weighted by Gasteiger charge is 2.35. The minimum atomic E-state index is -1.36. The van der Waals surface area contributed by atoms with Crippen LogP contribution in [0.4, 0.5) is 8.78 Å². The van der Waals surface area contributed by atoms with Gasteiger partial charge in [-0.3, -0.25) is 4.79 Å². The maximum Gasteiger partial charge on any atom is 0.253 e. The second-order valence-electron chi connectivity index (χ2n) is 7.41. The Balaban J connectivity index is 1.40. The van der Waals surface area contributed by atoms with Crippen molar-refractivity contribution in [2.24, 2.45) is 0 Å². The maximum absolute atomic E-state index is 15.0. The minimum Gasteiger partial charge on any atom is -0.492 e. The molecule has 0 saturated carbocycles. The van der Waals surface area contributed by atoms with Crippen LogP contribution in [-0.2, 0) is 0 Å². The average Bonchev–Trinajstić information content (AvgIpc) is 2.70. The van der Waals surface area contributed by atoms with Crippen molar-refractivity contribution in [1.29, 1.82) is 0 Å². The lowest BCUT2D eigenvalue weighted by molar-refractivity contribution is 0.0433. The first-order chi connectivity index (χ1) is 13.9. The van der Waals surface area contributed by atoms with Crippen LogP contribution in [0.5, 0.6) is 5.75 Å². The Labute approximate surface area is 174 Å². The first kappa shape index (κ1) is 21.5. The molecule has 1 aliphatic rings. The SMILES string of the molecule is Cc1cccc(OCCNCC2(F)CCN(C(=O)c3ccc(F)c(Cl)c3)CC2)c1. The molecule has 7 heteroatoms. The van der Waals surface area contributed by atoms with Crippen LogP contribution < -0.4 is 10.1 Å². The first-order valence-corrected chi connectivity index (χ1v) is 10.1. The molecule has 1 aliphatic heterocycles. The monoisotopic (exact) mass is 422 g/mol. The van der Waals surface area contributed by atoms with E-state index in [1.807, 2.05) is 31.2 Å². The van der Waals surface area contributed by atoms with Crippen molar-refractivity contribution >= 4 is 17.5 Å². The van der Waals surface area contributed by atoms with Gasteiger partial charge in [-0.25, -0.2) is 8.78 Å². The molecule has 0 spiro atoms. The summed E-state index contributed by atoms with van der Waals surface area (Å²) in [6, 6.07) is 11.7. The number of piperidine rings is 1. The first-order valence-electron chi connectivity index (χ1n) is 9.70. The van der Waals surface area contributed by atoms with Crippen molar-refractivity contribution in [3.63, 3.8) is 0 Å². The Morgan fingerprint density at radius 2 is 2.00 bits per heavy atom. The number of halogens is 3. The van der Waals surface area contributed by atoms with E-state index in [-0.39, 0.29) is 30.3 Å². The normalized spacial score (nSPS) is 15.9. The Hall–Kier alpha value is -2.18. The number of carbonyl (C=O) groups excluding carboxylic acids is 1. The molecule has 3 rings (SSSR count). The van der Waals surface area contributed by atoms with Crippen molar-refractivity contribution in [1.82, 2.24) is 10.2 Å². The molecule has 1 fully saturated rings. The van der Waals surface area contributed by atoms with Gasteiger partial charge in [-0.15, -0.1) is 0 Å². The summed E-state index contributed by atoms with van der Waals surface area (Å²) in [6.45, 7) is 3.83. The Morgan fingerprint density at radius 1 is 1.24 bits per heavy atom. The van der Waals surface area contributed by atoms with Gasteiger partial charge in [-0.2, -0.15) is 0 Å². The standard InChI is InChI=1S/C22H25ClF2N2O2/c1-16-3-2-4-18(13-16)29-12-9-26-15-22(25)7-10-27(11-8-22)21(28)17-5-6-20(24)19(23)14-17/h2-6,13-14,26H,7-12,15H2,1H3. The van der Waals surface area contributed by atoms with E-state index in [1.54, 1.807) is 4.90 Å². The van der Waals surface area contributed by atoms with E-state index in [2.05, 4.69) is 5.32 Å². The van der Waals surface area contributed by atoms with E-state index in [9.17, 15) is 9.18 Å². The molecule has 2 aromatic rings. The molecule has 0 atom stereocenters. The summed E-state index contributed by atoms with van der Waals surface area (Å²) >= 11 is 5.75. The highest BCUT2D eigenvalue weighted by molar-refractivity contribution is 6.31. The van der Waals surface area contributed by atoms with Gasteiger partial charge in [0.15, 0.2) is 0 Å². The lowest BCUT2D eigenvalue weighted by Gasteiger charge is -2.36. The highest BCUT2D eigenvalue weighted by atomic mass is 35.5. The largest absolute Gasteiger partial charge is 0.492 e. The second kappa shape index (κ2) is 9.55. The number of carbonyl (C=O) groups is 1. The lowest BCUT2D eigenvalue weighted by atomic mass is 9.93. The molecule has 1 saturated heterocycles. The van der Waals surface area contributed by atoms with Crippen molar-refractivity contribution in [2.45, 2.75) is 25.4 Å². The molecule has 1 amide bonds. The number of nitrogens with zero attached hydrogens (tertiary/aromatic N) is 1. The molecule has 1 heterocycles. The van der Waals surface area contributed by atoms with Crippen molar-refractivity contribution < 1.29 is 18.3 Å².